The molecule has 2 aliphatic heterocycles. The van der Waals surface area contributed by atoms with E-state index in [0.29, 0.717) is 6.10 Å². The third-order valence-electron chi connectivity index (χ3n) is 5.85. The van der Waals surface area contributed by atoms with Crippen molar-refractivity contribution in [3.63, 3.8) is 0 Å². The van der Waals surface area contributed by atoms with Crippen LogP contribution in [0.5, 0.6) is 0 Å². The maximum atomic E-state index is 9.84. The minimum Gasteiger partial charge on any atom is -0.383 e. The van der Waals surface area contributed by atoms with Gasteiger partial charge in [-0.05, 0) is 70.7 Å². The third kappa shape index (κ3) is 8.30. The van der Waals surface area contributed by atoms with Crippen molar-refractivity contribution < 1.29 is 14.6 Å². The molecule has 0 bridgehead atoms. The van der Waals surface area contributed by atoms with Gasteiger partial charge in [-0.3, -0.25) is 4.90 Å². The van der Waals surface area contributed by atoms with Crippen molar-refractivity contribution in [1.82, 2.24) is 9.80 Å². The van der Waals surface area contributed by atoms with E-state index in [0.717, 1.165) is 50.2 Å². The fraction of sp³-hybridized carbons (Fsp3) is 0.750. The van der Waals surface area contributed by atoms with Crippen LogP contribution in [0, 0.1) is 17.8 Å². The van der Waals surface area contributed by atoms with E-state index in [1.807, 2.05) is 0 Å². The Kier molecular flexibility index (Phi) is 9.18. The molecule has 2 fully saturated rings. The van der Waals surface area contributed by atoms with Crippen LogP contribution in [0.3, 0.4) is 0 Å². The van der Waals surface area contributed by atoms with Gasteiger partial charge in [0.1, 0.15) is 5.60 Å². The molecule has 6 heteroatoms. The van der Waals surface area contributed by atoms with Crippen LogP contribution in [-0.2, 0) is 16.0 Å². The van der Waals surface area contributed by atoms with Gasteiger partial charge in [0.15, 0.2) is 0 Å². The Morgan fingerprint density at radius 2 is 2.07 bits per heavy atom. The number of hydrogen-bond donors (Lipinski definition) is 1. The molecular formula is C24H38N2O3S. The molecule has 1 atom stereocenters. The molecule has 168 valence electrons. The lowest BCUT2D eigenvalue weighted by atomic mass is 9.96. The van der Waals surface area contributed by atoms with Crippen molar-refractivity contribution in [3.05, 3.63) is 21.9 Å². The molecule has 0 amide bonds. The average molecular weight is 435 g/mol. The highest BCUT2D eigenvalue weighted by atomic mass is 32.1. The summed E-state index contributed by atoms with van der Waals surface area (Å²) in [5.41, 5.74) is -0.950. The predicted octanol–water partition coefficient (Wildman–Crippen LogP) is 3.21. The molecule has 2 saturated heterocycles. The second kappa shape index (κ2) is 11.6. The molecule has 0 unspecified atom stereocenters. The Morgan fingerprint density at radius 1 is 1.27 bits per heavy atom. The average Bonchev–Trinajstić information content (AvgIpc) is 3.37. The number of hydrogen-bond acceptors (Lipinski definition) is 6. The van der Waals surface area contributed by atoms with Crippen LogP contribution in [0.4, 0.5) is 0 Å². The Balaban J connectivity index is 1.56. The number of ether oxygens (including phenoxy) is 2. The lowest BCUT2D eigenvalue weighted by molar-refractivity contribution is 0.0555. The van der Waals surface area contributed by atoms with E-state index < -0.39 is 5.60 Å². The van der Waals surface area contributed by atoms with Gasteiger partial charge in [-0.2, -0.15) is 0 Å². The maximum Gasteiger partial charge on any atom is 0.120 e. The summed E-state index contributed by atoms with van der Waals surface area (Å²) in [5, 5.41) is 9.84. The Morgan fingerprint density at radius 3 is 2.73 bits per heavy atom. The van der Waals surface area contributed by atoms with Crippen LogP contribution < -0.4 is 0 Å². The first-order valence-corrected chi connectivity index (χ1v) is 12.1. The van der Waals surface area contributed by atoms with Crippen molar-refractivity contribution in [2.45, 2.75) is 57.8 Å². The van der Waals surface area contributed by atoms with Crippen molar-refractivity contribution in [2.75, 3.05) is 53.0 Å². The molecule has 3 heterocycles. The van der Waals surface area contributed by atoms with Crippen LogP contribution in [0.15, 0.2) is 12.1 Å². The van der Waals surface area contributed by atoms with Crippen LogP contribution in [-0.4, -0.2) is 79.7 Å². The summed E-state index contributed by atoms with van der Waals surface area (Å²) in [6, 6.07) is 4.27. The van der Waals surface area contributed by atoms with Crippen LogP contribution >= 0.6 is 11.3 Å². The zero-order chi connectivity index (χ0) is 21.4. The number of thiophene rings is 1. The Hall–Kier alpha value is -0.940. The van der Waals surface area contributed by atoms with E-state index in [2.05, 4.69) is 33.8 Å². The molecule has 0 aliphatic carbocycles. The molecule has 1 aromatic heterocycles. The molecule has 0 aromatic carbocycles. The second-order valence-corrected chi connectivity index (χ2v) is 10.4. The normalized spacial score (nSPS) is 21.2. The standard InChI is InChI=1S/C24H38N2O3S/c1-24(2,27)11-8-22-6-7-23(30-22)19-26(18-21-5-4-15-29-21)17-20-9-12-25(13-10-20)14-16-28-3/h6-7,20-21,27H,4-5,9-10,12-19H2,1-3H3/t21-/m1/s1. The first kappa shape index (κ1) is 23.7. The van der Waals surface area contributed by atoms with E-state index in [1.165, 1.54) is 43.6 Å². The fourth-order valence-electron chi connectivity index (χ4n) is 4.22. The minimum atomic E-state index is -0.950. The molecule has 0 radical (unpaired) electrons. The number of likely N-dealkylation sites (tertiary alicyclic amines) is 1. The van der Waals surface area contributed by atoms with Gasteiger partial charge in [0.2, 0.25) is 0 Å². The summed E-state index contributed by atoms with van der Waals surface area (Å²) in [4.78, 5) is 7.49. The highest BCUT2D eigenvalue weighted by Gasteiger charge is 2.25. The first-order valence-electron chi connectivity index (χ1n) is 11.3. The number of nitrogens with zero attached hydrogens (tertiary/aromatic N) is 2. The topological polar surface area (TPSA) is 45.2 Å². The molecule has 3 rings (SSSR count). The van der Waals surface area contributed by atoms with Crippen molar-refractivity contribution in [2.24, 2.45) is 5.92 Å². The van der Waals surface area contributed by atoms with E-state index in [4.69, 9.17) is 9.47 Å². The predicted molar refractivity (Wildman–Crippen MR) is 123 cm³/mol. The molecule has 1 N–H and O–H groups in total. The van der Waals surface area contributed by atoms with Gasteiger partial charge in [-0.1, -0.05) is 11.8 Å². The van der Waals surface area contributed by atoms with Gasteiger partial charge in [-0.15, -0.1) is 11.3 Å². The quantitative estimate of drug-likeness (QED) is 0.605. The molecule has 1 aromatic rings. The summed E-state index contributed by atoms with van der Waals surface area (Å²) in [7, 11) is 1.78. The van der Waals surface area contributed by atoms with E-state index in [1.54, 1.807) is 32.3 Å². The number of rotatable bonds is 9. The summed E-state index contributed by atoms with van der Waals surface area (Å²) in [6.07, 6.45) is 5.27. The van der Waals surface area contributed by atoms with Gasteiger partial charge in [-0.25, -0.2) is 0 Å². The first-order chi connectivity index (χ1) is 14.4. The van der Waals surface area contributed by atoms with Crippen molar-refractivity contribution >= 4 is 11.3 Å². The lowest BCUT2D eigenvalue weighted by Crippen LogP contribution is -2.41. The number of aliphatic hydroxyl groups is 1. The molecule has 30 heavy (non-hydrogen) atoms. The summed E-state index contributed by atoms with van der Waals surface area (Å²) >= 11 is 1.74. The summed E-state index contributed by atoms with van der Waals surface area (Å²) < 4.78 is 11.2. The number of piperidine rings is 1. The highest BCUT2D eigenvalue weighted by Crippen LogP contribution is 2.24. The lowest BCUT2D eigenvalue weighted by Gasteiger charge is -2.35. The smallest absolute Gasteiger partial charge is 0.120 e. The second-order valence-electron chi connectivity index (χ2n) is 9.18. The molecular weight excluding hydrogens is 396 g/mol. The Bertz CT molecular complexity index is 689. The summed E-state index contributed by atoms with van der Waals surface area (Å²) in [6.45, 7) is 11.7. The number of methoxy groups -OCH3 is 1. The van der Waals surface area contributed by atoms with Crippen LogP contribution in [0.1, 0.15) is 49.3 Å². The van der Waals surface area contributed by atoms with E-state index in [-0.39, 0.29) is 0 Å². The maximum absolute atomic E-state index is 9.84. The van der Waals surface area contributed by atoms with Crippen molar-refractivity contribution in [3.8, 4) is 11.8 Å². The molecule has 5 nitrogen and oxygen atoms in total. The van der Waals surface area contributed by atoms with Gasteiger partial charge in [0.05, 0.1) is 17.6 Å². The zero-order valence-corrected chi connectivity index (χ0v) is 19.7. The van der Waals surface area contributed by atoms with Crippen molar-refractivity contribution in [1.29, 1.82) is 0 Å². The van der Waals surface area contributed by atoms with Gasteiger partial charge < -0.3 is 19.5 Å². The largest absolute Gasteiger partial charge is 0.383 e. The van der Waals surface area contributed by atoms with E-state index >= 15 is 0 Å². The monoisotopic (exact) mass is 434 g/mol. The third-order valence-corrected chi connectivity index (χ3v) is 6.84. The highest BCUT2D eigenvalue weighted by molar-refractivity contribution is 7.12. The van der Waals surface area contributed by atoms with E-state index in [9.17, 15) is 5.11 Å². The summed E-state index contributed by atoms with van der Waals surface area (Å²) in [5.74, 6) is 6.78. The minimum absolute atomic E-state index is 0.376. The molecule has 0 spiro atoms. The van der Waals surface area contributed by atoms with Gasteiger partial charge in [0, 0.05) is 44.8 Å². The SMILES string of the molecule is COCCN1CCC(CN(Cc2ccc(C#CC(C)(C)O)s2)C[C@H]2CCCO2)CC1. The van der Waals surface area contributed by atoms with Crippen LogP contribution in [0.2, 0.25) is 0 Å². The van der Waals surface area contributed by atoms with Crippen LogP contribution in [0.25, 0.3) is 0 Å². The zero-order valence-electron chi connectivity index (χ0n) is 18.9. The fourth-order valence-corrected chi connectivity index (χ4v) is 5.13. The van der Waals surface area contributed by atoms with Gasteiger partial charge >= 0.3 is 0 Å². The molecule has 0 saturated carbocycles. The Labute approximate surface area is 186 Å². The molecule has 2 aliphatic rings. The van der Waals surface area contributed by atoms with Gasteiger partial charge in [0.25, 0.3) is 0 Å².